The van der Waals surface area contributed by atoms with E-state index in [4.69, 9.17) is 21.1 Å². The van der Waals surface area contributed by atoms with Crippen molar-refractivity contribution in [2.24, 2.45) is 13.0 Å². The zero-order valence-corrected chi connectivity index (χ0v) is 22.4. The van der Waals surface area contributed by atoms with Crippen LogP contribution in [0.4, 0.5) is 4.39 Å². The minimum absolute atomic E-state index is 0.0759. The van der Waals surface area contributed by atoms with Crippen LogP contribution in [-0.4, -0.2) is 53.7 Å². The quantitative estimate of drug-likeness (QED) is 0.142. The molecule has 0 amide bonds. The maximum atomic E-state index is 15.3. The number of nitrogens with zero attached hydrogens (tertiary/aromatic N) is 9. The van der Waals surface area contributed by atoms with E-state index in [1.165, 1.54) is 23.3 Å². The number of aryl methyl sites for hydroxylation is 1. The largest absolute Gasteiger partial charge is 0.618 e. The lowest BCUT2D eigenvalue weighted by atomic mass is 10.0. The number of pyridine rings is 1. The van der Waals surface area contributed by atoms with Gasteiger partial charge in [0.15, 0.2) is 24.6 Å². The van der Waals surface area contributed by atoms with Gasteiger partial charge in [-0.2, -0.15) is 19.6 Å². The molecule has 206 valence electrons. The Kier molecular flexibility index (Phi) is 6.90. The van der Waals surface area contributed by atoms with Crippen molar-refractivity contribution in [1.29, 1.82) is 0 Å². The first-order chi connectivity index (χ1) is 19.4. The Morgan fingerprint density at radius 3 is 2.75 bits per heavy atom. The van der Waals surface area contributed by atoms with Crippen LogP contribution in [0.2, 0.25) is 5.02 Å². The Bertz CT molecular complexity index is 1650. The van der Waals surface area contributed by atoms with Crippen molar-refractivity contribution >= 4 is 11.6 Å². The smallest absolute Gasteiger partial charge is 0.217 e. The van der Waals surface area contributed by atoms with Gasteiger partial charge in [0.05, 0.1) is 34.2 Å². The molecule has 6 rings (SSSR count). The number of tetrazole rings is 1. The molecule has 0 N–H and O–H groups in total. The van der Waals surface area contributed by atoms with E-state index in [0.717, 1.165) is 35.3 Å². The Morgan fingerprint density at radius 2 is 2.02 bits per heavy atom. The lowest BCUT2D eigenvalue weighted by molar-refractivity contribution is -0.615. The van der Waals surface area contributed by atoms with Gasteiger partial charge in [0.25, 0.3) is 0 Å². The molecule has 12 nitrogen and oxygen atoms in total. The van der Waals surface area contributed by atoms with Crippen molar-refractivity contribution < 1.29 is 18.6 Å². The summed E-state index contributed by atoms with van der Waals surface area (Å²) in [5, 5.41) is 33.5. The molecular weight excluding hydrogens is 541 g/mol. The fourth-order valence-corrected chi connectivity index (χ4v) is 4.97. The Morgan fingerprint density at radius 1 is 1.18 bits per heavy atom. The van der Waals surface area contributed by atoms with Crippen LogP contribution in [0.1, 0.15) is 31.0 Å². The number of rotatable bonds is 10. The number of benzene rings is 1. The zero-order chi connectivity index (χ0) is 27.8. The minimum Gasteiger partial charge on any atom is -0.618 e. The van der Waals surface area contributed by atoms with Crippen molar-refractivity contribution in [1.82, 2.24) is 39.8 Å². The number of halogens is 2. The van der Waals surface area contributed by atoms with Gasteiger partial charge < -0.3 is 14.7 Å². The lowest BCUT2D eigenvalue weighted by Crippen LogP contribution is -2.35. The Balaban J connectivity index is 1.38. The first kappa shape index (κ1) is 25.9. The molecule has 0 bridgehead atoms. The molecule has 40 heavy (non-hydrogen) atoms. The fraction of sp³-hybridized carbons (Fsp3) is 0.308. The van der Waals surface area contributed by atoms with Crippen molar-refractivity contribution in [3.05, 3.63) is 77.1 Å². The lowest BCUT2D eigenvalue weighted by Gasteiger charge is -2.18. The minimum atomic E-state index is -0.670. The highest BCUT2D eigenvalue weighted by Gasteiger charge is 2.33. The van der Waals surface area contributed by atoms with Crippen LogP contribution in [0, 0.1) is 16.9 Å². The molecule has 0 saturated heterocycles. The van der Waals surface area contributed by atoms with E-state index in [2.05, 4.69) is 25.7 Å². The van der Waals surface area contributed by atoms with Crippen molar-refractivity contribution in [2.45, 2.75) is 25.3 Å². The predicted molar refractivity (Wildman–Crippen MR) is 141 cm³/mol. The summed E-state index contributed by atoms with van der Waals surface area (Å²) >= 11 is 6.10. The highest BCUT2D eigenvalue weighted by atomic mass is 35.5. The average Bonchev–Trinajstić information content (AvgIpc) is 3.30. The van der Waals surface area contributed by atoms with E-state index < -0.39 is 5.82 Å². The van der Waals surface area contributed by atoms with Gasteiger partial charge in [-0.05, 0) is 41.0 Å². The van der Waals surface area contributed by atoms with Gasteiger partial charge in [0.1, 0.15) is 18.1 Å². The molecule has 1 aliphatic carbocycles. The molecule has 0 aliphatic heterocycles. The van der Waals surface area contributed by atoms with Crippen molar-refractivity contribution in [2.75, 3.05) is 13.9 Å². The van der Waals surface area contributed by atoms with E-state index in [9.17, 15) is 5.21 Å². The standard InChI is InChI=1S/C26H25ClFN9O3/c1-34-26(23(11-30-34)40-15-39-2)18-10-31-35(12-18)22(9-16-3-4-16)20-7-5-17(13-37(20)38)24-21(36-14-29-32-33-36)8-6-19(27)25(24)28/h5-8,10-14,16,22H,3-4,9,15H2,1-2H3. The molecule has 14 heteroatoms. The molecule has 1 unspecified atom stereocenters. The monoisotopic (exact) mass is 565 g/mol. The molecule has 4 aromatic heterocycles. The summed E-state index contributed by atoms with van der Waals surface area (Å²) in [5.41, 5.74) is 2.82. The summed E-state index contributed by atoms with van der Waals surface area (Å²) in [7, 11) is 3.37. The van der Waals surface area contributed by atoms with Gasteiger partial charge in [-0.25, -0.2) is 4.39 Å². The van der Waals surface area contributed by atoms with Gasteiger partial charge in [-0.3, -0.25) is 9.36 Å². The van der Waals surface area contributed by atoms with Crippen LogP contribution in [0.5, 0.6) is 5.75 Å². The van der Waals surface area contributed by atoms with E-state index in [1.54, 1.807) is 47.1 Å². The summed E-state index contributed by atoms with van der Waals surface area (Å²) in [5.74, 6) is 0.385. The summed E-state index contributed by atoms with van der Waals surface area (Å²) < 4.78 is 31.6. The number of aromatic nitrogens is 9. The second-order valence-corrected chi connectivity index (χ2v) is 10.0. The highest BCUT2D eigenvalue weighted by Crippen LogP contribution is 2.40. The first-order valence-electron chi connectivity index (χ1n) is 12.6. The molecule has 1 aliphatic rings. The number of hydrogen-bond donors (Lipinski definition) is 0. The second kappa shape index (κ2) is 10.7. The normalized spacial score (nSPS) is 14.0. The molecule has 0 spiro atoms. The van der Waals surface area contributed by atoms with Gasteiger partial charge >= 0.3 is 0 Å². The molecule has 1 aromatic carbocycles. The predicted octanol–water partition coefficient (Wildman–Crippen LogP) is 3.72. The van der Waals surface area contributed by atoms with Crippen molar-refractivity contribution in [3.8, 4) is 33.8 Å². The van der Waals surface area contributed by atoms with Gasteiger partial charge in [-0.15, -0.1) is 5.10 Å². The van der Waals surface area contributed by atoms with Crippen molar-refractivity contribution in [3.63, 3.8) is 0 Å². The van der Waals surface area contributed by atoms with Crippen LogP contribution >= 0.6 is 11.6 Å². The SMILES string of the molecule is COCOc1cnn(C)c1-c1cnn(C(CC2CC2)c2ccc(-c3c(-n4cnnn4)ccc(Cl)c3F)c[n+]2[O-])c1. The number of ether oxygens (including phenoxy) is 2. The summed E-state index contributed by atoms with van der Waals surface area (Å²) in [4.78, 5) is 0. The second-order valence-electron chi connectivity index (χ2n) is 9.61. The fourth-order valence-electron chi connectivity index (χ4n) is 4.81. The van der Waals surface area contributed by atoms with Gasteiger partial charge in [0, 0.05) is 32.0 Å². The zero-order valence-electron chi connectivity index (χ0n) is 21.7. The number of hydrogen-bond acceptors (Lipinski definition) is 8. The van der Waals surface area contributed by atoms with Crippen LogP contribution in [0.15, 0.2) is 55.4 Å². The molecule has 1 saturated carbocycles. The summed E-state index contributed by atoms with van der Waals surface area (Å²) in [6.45, 7) is 0.0853. The Hall–Kier alpha value is -4.36. The third kappa shape index (κ3) is 4.89. The maximum absolute atomic E-state index is 15.3. The van der Waals surface area contributed by atoms with Crippen LogP contribution in [0.25, 0.3) is 28.1 Å². The Labute approximate surface area is 233 Å². The third-order valence-electron chi connectivity index (χ3n) is 6.93. The van der Waals surface area contributed by atoms with E-state index in [0.29, 0.717) is 28.6 Å². The molecule has 1 fully saturated rings. The molecule has 0 radical (unpaired) electrons. The van der Waals surface area contributed by atoms with Crippen LogP contribution in [0.3, 0.4) is 0 Å². The molecule has 4 heterocycles. The average molecular weight is 566 g/mol. The van der Waals surface area contributed by atoms with E-state index in [1.807, 2.05) is 13.2 Å². The topological polar surface area (TPSA) is 125 Å². The van der Waals surface area contributed by atoms with Gasteiger partial charge in [-0.1, -0.05) is 24.4 Å². The summed E-state index contributed by atoms with van der Waals surface area (Å²) in [6.07, 6.45) is 10.9. The molecule has 5 aromatic rings. The van der Waals surface area contributed by atoms with E-state index >= 15 is 4.39 Å². The number of methoxy groups -OCH3 is 1. The third-order valence-corrected chi connectivity index (χ3v) is 7.22. The molecule has 1 atom stereocenters. The van der Waals surface area contributed by atoms with E-state index in [-0.39, 0.29) is 23.4 Å². The van der Waals surface area contributed by atoms with Crippen LogP contribution < -0.4 is 9.47 Å². The molecular formula is C26H25ClFN9O3. The van der Waals surface area contributed by atoms with Gasteiger partial charge in [0.2, 0.25) is 5.69 Å². The first-order valence-corrected chi connectivity index (χ1v) is 13.0. The highest BCUT2D eigenvalue weighted by molar-refractivity contribution is 6.31. The maximum Gasteiger partial charge on any atom is 0.217 e. The summed E-state index contributed by atoms with van der Waals surface area (Å²) in [6, 6.07) is 6.09. The van der Waals surface area contributed by atoms with Crippen LogP contribution in [-0.2, 0) is 11.8 Å².